The van der Waals surface area contributed by atoms with Crippen LogP contribution >= 0.6 is 0 Å². The van der Waals surface area contributed by atoms with Crippen LogP contribution in [0.25, 0.3) is 0 Å². The van der Waals surface area contributed by atoms with Gasteiger partial charge in [-0.05, 0) is 43.7 Å². The summed E-state index contributed by atoms with van der Waals surface area (Å²) in [4.78, 5) is 0. The van der Waals surface area contributed by atoms with Crippen molar-refractivity contribution in [3.63, 3.8) is 0 Å². The molecule has 2 aromatic rings. The van der Waals surface area contributed by atoms with Crippen molar-refractivity contribution in [2.45, 2.75) is 26.4 Å². The number of halogens is 1. The zero-order valence-corrected chi connectivity index (χ0v) is 14.7. The Labute approximate surface area is 142 Å². The second-order valence-corrected chi connectivity index (χ2v) is 7.78. The van der Waals surface area contributed by atoms with Crippen LogP contribution in [-0.2, 0) is 16.6 Å². The first-order valence-electron chi connectivity index (χ1n) is 7.80. The number of benzene rings is 2. The molecule has 130 valence electrons. The molecular weight excluding hydrogens is 329 g/mol. The first-order valence-corrected chi connectivity index (χ1v) is 9.41. The van der Waals surface area contributed by atoms with Gasteiger partial charge < -0.3 is 4.74 Å². The standard InChI is InChI=1S/C18H22FNO3S/c1-15(2)20(14-16-6-4-3-5-7-16)24(21,22)13-12-23-18-10-8-17(19)9-11-18/h3-11,15H,12-14H2,1-2H3. The van der Waals surface area contributed by atoms with Crippen molar-refractivity contribution < 1.29 is 17.5 Å². The lowest BCUT2D eigenvalue weighted by atomic mass is 10.2. The van der Waals surface area contributed by atoms with Crippen LogP contribution in [0.4, 0.5) is 4.39 Å². The third kappa shape index (κ3) is 5.32. The highest BCUT2D eigenvalue weighted by Gasteiger charge is 2.25. The predicted octanol–water partition coefficient (Wildman–Crippen LogP) is 3.44. The highest BCUT2D eigenvalue weighted by molar-refractivity contribution is 7.89. The van der Waals surface area contributed by atoms with Gasteiger partial charge in [-0.2, -0.15) is 4.31 Å². The van der Waals surface area contributed by atoms with Gasteiger partial charge in [0, 0.05) is 12.6 Å². The van der Waals surface area contributed by atoms with Crippen LogP contribution in [0, 0.1) is 5.82 Å². The Kier molecular flexibility index (Phi) is 6.34. The summed E-state index contributed by atoms with van der Waals surface area (Å²) in [7, 11) is -3.46. The lowest BCUT2D eigenvalue weighted by molar-refractivity contribution is 0.320. The Hall–Kier alpha value is -1.92. The van der Waals surface area contributed by atoms with Crippen LogP contribution in [0.5, 0.6) is 5.75 Å². The highest BCUT2D eigenvalue weighted by Crippen LogP contribution is 2.15. The number of ether oxygens (including phenoxy) is 1. The second kappa shape index (κ2) is 8.26. The van der Waals surface area contributed by atoms with E-state index in [-0.39, 0.29) is 24.2 Å². The van der Waals surface area contributed by atoms with E-state index in [1.54, 1.807) is 0 Å². The van der Waals surface area contributed by atoms with E-state index in [0.29, 0.717) is 12.3 Å². The van der Waals surface area contributed by atoms with Gasteiger partial charge in [0.25, 0.3) is 0 Å². The average molecular weight is 351 g/mol. The molecule has 0 amide bonds. The molecule has 0 radical (unpaired) electrons. The van der Waals surface area contributed by atoms with Crippen LogP contribution in [0.1, 0.15) is 19.4 Å². The Morgan fingerprint density at radius 3 is 2.25 bits per heavy atom. The molecule has 4 nitrogen and oxygen atoms in total. The number of rotatable bonds is 8. The Morgan fingerprint density at radius 2 is 1.67 bits per heavy atom. The van der Waals surface area contributed by atoms with Crippen LogP contribution in [-0.4, -0.2) is 31.1 Å². The minimum Gasteiger partial charge on any atom is -0.492 e. The molecule has 0 heterocycles. The minimum absolute atomic E-state index is 0.0198. The molecule has 0 aromatic heterocycles. The maximum atomic E-state index is 12.8. The molecule has 0 spiro atoms. The summed E-state index contributed by atoms with van der Waals surface area (Å²) in [6.45, 7) is 4.05. The molecule has 0 unspecified atom stereocenters. The van der Waals surface area contributed by atoms with Gasteiger partial charge in [-0.25, -0.2) is 12.8 Å². The smallest absolute Gasteiger partial charge is 0.217 e. The molecule has 0 saturated heterocycles. The van der Waals surface area contributed by atoms with Crippen molar-refractivity contribution in [2.75, 3.05) is 12.4 Å². The fourth-order valence-electron chi connectivity index (χ4n) is 2.28. The molecular formula is C18H22FNO3S. The van der Waals surface area contributed by atoms with E-state index in [0.717, 1.165) is 5.56 Å². The van der Waals surface area contributed by atoms with Gasteiger partial charge in [-0.1, -0.05) is 30.3 Å². The number of sulfonamides is 1. The topological polar surface area (TPSA) is 46.6 Å². The Morgan fingerprint density at radius 1 is 1.04 bits per heavy atom. The first-order chi connectivity index (χ1) is 11.4. The van der Waals surface area contributed by atoms with Crippen molar-refractivity contribution in [1.29, 1.82) is 0 Å². The van der Waals surface area contributed by atoms with Crippen molar-refractivity contribution in [3.8, 4) is 5.75 Å². The van der Waals surface area contributed by atoms with E-state index in [1.807, 2.05) is 44.2 Å². The Balaban J connectivity index is 1.98. The molecule has 24 heavy (non-hydrogen) atoms. The first kappa shape index (κ1) is 18.4. The zero-order valence-electron chi connectivity index (χ0n) is 13.9. The van der Waals surface area contributed by atoms with E-state index in [2.05, 4.69) is 0 Å². The van der Waals surface area contributed by atoms with Gasteiger partial charge in [0.2, 0.25) is 10.0 Å². The average Bonchev–Trinajstić information content (AvgIpc) is 2.55. The quantitative estimate of drug-likeness (QED) is 0.732. The van der Waals surface area contributed by atoms with Crippen LogP contribution in [0.3, 0.4) is 0 Å². The number of hydrogen-bond acceptors (Lipinski definition) is 3. The lowest BCUT2D eigenvalue weighted by Gasteiger charge is -2.26. The van der Waals surface area contributed by atoms with E-state index >= 15 is 0 Å². The van der Waals surface area contributed by atoms with Crippen molar-refractivity contribution in [3.05, 3.63) is 66.0 Å². The van der Waals surface area contributed by atoms with Crippen molar-refractivity contribution >= 4 is 10.0 Å². The fraction of sp³-hybridized carbons (Fsp3) is 0.333. The summed E-state index contributed by atoms with van der Waals surface area (Å²) >= 11 is 0. The predicted molar refractivity (Wildman–Crippen MR) is 92.8 cm³/mol. The van der Waals surface area contributed by atoms with Gasteiger partial charge in [-0.15, -0.1) is 0 Å². The maximum absolute atomic E-state index is 12.8. The number of hydrogen-bond donors (Lipinski definition) is 0. The molecule has 0 aliphatic carbocycles. The molecule has 2 aromatic carbocycles. The lowest BCUT2D eigenvalue weighted by Crippen LogP contribution is -2.39. The maximum Gasteiger partial charge on any atom is 0.217 e. The molecule has 0 atom stereocenters. The molecule has 0 aliphatic rings. The molecule has 0 aliphatic heterocycles. The van der Waals surface area contributed by atoms with Gasteiger partial charge in [0.1, 0.15) is 18.2 Å². The van der Waals surface area contributed by atoms with Gasteiger partial charge in [0.05, 0.1) is 5.75 Å². The third-order valence-corrected chi connectivity index (χ3v) is 5.49. The minimum atomic E-state index is -3.46. The molecule has 0 saturated carbocycles. The second-order valence-electron chi connectivity index (χ2n) is 5.74. The summed E-state index contributed by atoms with van der Waals surface area (Å²) in [5.41, 5.74) is 0.939. The molecule has 2 rings (SSSR count). The fourth-order valence-corrected chi connectivity index (χ4v) is 3.80. The number of nitrogens with zero attached hydrogens (tertiary/aromatic N) is 1. The molecule has 0 bridgehead atoms. The van der Waals surface area contributed by atoms with E-state index in [1.165, 1.54) is 28.6 Å². The normalized spacial score (nSPS) is 11.9. The third-order valence-electron chi connectivity index (χ3n) is 3.54. The molecule has 6 heteroatoms. The van der Waals surface area contributed by atoms with Gasteiger partial charge >= 0.3 is 0 Å². The highest BCUT2D eigenvalue weighted by atomic mass is 32.2. The van der Waals surface area contributed by atoms with Crippen LogP contribution < -0.4 is 4.74 Å². The largest absolute Gasteiger partial charge is 0.492 e. The van der Waals surface area contributed by atoms with Crippen LogP contribution in [0.15, 0.2) is 54.6 Å². The summed E-state index contributed by atoms with van der Waals surface area (Å²) < 4.78 is 44.9. The van der Waals surface area contributed by atoms with E-state index < -0.39 is 10.0 Å². The SMILES string of the molecule is CC(C)N(Cc1ccccc1)S(=O)(=O)CCOc1ccc(F)cc1. The van der Waals surface area contributed by atoms with Crippen LogP contribution in [0.2, 0.25) is 0 Å². The molecule has 0 N–H and O–H groups in total. The van der Waals surface area contributed by atoms with Gasteiger partial charge in [0.15, 0.2) is 0 Å². The summed E-state index contributed by atoms with van der Waals surface area (Å²) in [6.07, 6.45) is 0. The Bertz CT molecular complexity index is 731. The summed E-state index contributed by atoms with van der Waals surface area (Å²) in [5.74, 6) is -0.0374. The summed E-state index contributed by atoms with van der Waals surface area (Å²) in [5, 5.41) is 0. The van der Waals surface area contributed by atoms with Gasteiger partial charge in [-0.3, -0.25) is 0 Å². The molecule has 0 fully saturated rings. The van der Waals surface area contributed by atoms with Crippen molar-refractivity contribution in [2.24, 2.45) is 0 Å². The van der Waals surface area contributed by atoms with Crippen molar-refractivity contribution in [1.82, 2.24) is 4.31 Å². The summed E-state index contributed by atoms with van der Waals surface area (Å²) in [6, 6.07) is 14.8. The van der Waals surface area contributed by atoms with E-state index in [4.69, 9.17) is 4.74 Å². The van der Waals surface area contributed by atoms with E-state index in [9.17, 15) is 12.8 Å². The monoisotopic (exact) mass is 351 g/mol. The zero-order chi connectivity index (χ0) is 17.6.